The Balaban J connectivity index is 1.95. The number of carbonyl (C=O) groups is 1. The summed E-state index contributed by atoms with van der Waals surface area (Å²) in [4.78, 5) is 13.1. The van der Waals surface area contributed by atoms with Crippen LogP contribution < -0.4 is 10.1 Å². The molecule has 0 saturated heterocycles. The number of nitrogens with one attached hydrogen (secondary N) is 1. The highest BCUT2D eigenvalue weighted by molar-refractivity contribution is 7.98. The number of aryl methyl sites for hydroxylation is 2. The van der Waals surface area contributed by atoms with Gasteiger partial charge in [-0.1, -0.05) is 0 Å². The number of methoxy groups -OCH3 is 1. The first-order valence-electron chi connectivity index (χ1n) is 6.61. The van der Waals surface area contributed by atoms with Gasteiger partial charge in [-0.15, -0.1) is 11.8 Å². The van der Waals surface area contributed by atoms with Gasteiger partial charge in [-0.25, -0.2) is 0 Å². The van der Waals surface area contributed by atoms with Gasteiger partial charge in [0.05, 0.1) is 19.0 Å². The molecule has 1 N–H and O–H groups in total. The highest BCUT2D eigenvalue weighted by atomic mass is 32.2. The lowest BCUT2D eigenvalue weighted by Crippen LogP contribution is -2.13. The lowest BCUT2D eigenvalue weighted by atomic mass is 10.2. The van der Waals surface area contributed by atoms with Crippen LogP contribution in [0, 0.1) is 0 Å². The van der Waals surface area contributed by atoms with Crippen LogP contribution in [0.3, 0.4) is 0 Å². The Kier molecular flexibility index (Phi) is 5.27. The molecule has 2 aromatic rings. The van der Waals surface area contributed by atoms with Gasteiger partial charge < -0.3 is 10.1 Å². The fourth-order valence-corrected chi connectivity index (χ4v) is 2.40. The van der Waals surface area contributed by atoms with Gasteiger partial charge >= 0.3 is 0 Å². The first-order chi connectivity index (χ1) is 10.1. The predicted octanol–water partition coefficient (Wildman–Crippen LogP) is 2.72. The number of hydrogen-bond donors (Lipinski definition) is 1. The van der Waals surface area contributed by atoms with Crippen molar-refractivity contribution in [2.45, 2.75) is 17.7 Å². The number of carbonyl (C=O) groups excluding carboxylic acids is 1. The first-order valence-corrected chi connectivity index (χ1v) is 7.84. The molecule has 1 amide bonds. The van der Waals surface area contributed by atoms with E-state index in [1.165, 1.54) is 0 Å². The number of ether oxygens (including phenoxy) is 1. The third-order valence-electron chi connectivity index (χ3n) is 3.08. The molecule has 6 heteroatoms. The smallest absolute Gasteiger partial charge is 0.224 e. The molecule has 0 bridgehead atoms. The van der Waals surface area contributed by atoms with Crippen molar-refractivity contribution in [2.75, 3.05) is 18.7 Å². The highest BCUT2D eigenvalue weighted by Gasteiger charge is 2.09. The molecule has 1 aromatic heterocycles. The molecule has 1 aromatic carbocycles. The number of rotatable bonds is 6. The van der Waals surface area contributed by atoms with Crippen LogP contribution in [-0.4, -0.2) is 29.1 Å². The Morgan fingerprint density at radius 1 is 1.48 bits per heavy atom. The summed E-state index contributed by atoms with van der Waals surface area (Å²) in [5.41, 5.74) is 1.75. The van der Waals surface area contributed by atoms with Crippen LogP contribution in [0.5, 0.6) is 5.75 Å². The third kappa shape index (κ3) is 4.26. The minimum absolute atomic E-state index is 0.0333. The highest BCUT2D eigenvalue weighted by Crippen LogP contribution is 2.29. The lowest BCUT2D eigenvalue weighted by Gasteiger charge is -2.11. The SMILES string of the molecule is COc1cc(SC)ccc1NC(=O)CCc1cnn(C)c1. The summed E-state index contributed by atoms with van der Waals surface area (Å²) < 4.78 is 7.05. The Labute approximate surface area is 128 Å². The number of benzene rings is 1. The number of thioether (sulfide) groups is 1. The zero-order chi connectivity index (χ0) is 15.2. The molecule has 0 saturated carbocycles. The molecule has 5 nitrogen and oxygen atoms in total. The van der Waals surface area contributed by atoms with E-state index in [-0.39, 0.29) is 5.91 Å². The molecule has 0 aliphatic heterocycles. The Hall–Kier alpha value is -1.95. The zero-order valence-electron chi connectivity index (χ0n) is 12.4. The topological polar surface area (TPSA) is 56.1 Å². The average Bonchev–Trinajstić information content (AvgIpc) is 2.91. The summed E-state index contributed by atoms with van der Waals surface area (Å²) in [5, 5.41) is 6.98. The minimum atomic E-state index is -0.0333. The monoisotopic (exact) mass is 305 g/mol. The summed E-state index contributed by atoms with van der Waals surface area (Å²) in [6.45, 7) is 0. The van der Waals surface area contributed by atoms with Gasteiger partial charge in [0, 0.05) is 24.6 Å². The van der Waals surface area contributed by atoms with Gasteiger partial charge in [0.25, 0.3) is 0 Å². The molecular weight excluding hydrogens is 286 g/mol. The van der Waals surface area contributed by atoms with E-state index in [1.807, 2.05) is 37.7 Å². The molecule has 0 radical (unpaired) electrons. The van der Waals surface area contributed by atoms with Crippen molar-refractivity contribution in [3.63, 3.8) is 0 Å². The van der Waals surface area contributed by atoms with E-state index in [0.717, 1.165) is 10.5 Å². The summed E-state index contributed by atoms with van der Waals surface area (Å²) >= 11 is 1.63. The van der Waals surface area contributed by atoms with Crippen molar-refractivity contribution in [1.29, 1.82) is 0 Å². The van der Waals surface area contributed by atoms with Crippen molar-refractivity contribution in [2.24, 2.45) is 7.05 Å². The number of aromatic nitrogens is 2. The number of hydrogen-bond acceptors (Lipinski definition) is 4. The van der Waals surface area contributed by atoms with E-state index in [1.54, 1.807) is 29.8 Å². The van der Waals surface area contributed by atoms with Gasteiger partial charge in [0.2, 0.25) is 5.91 Å². The van der Waals surface area contributed by atoms with Crippen LogP contribution in [0.2, 0.25) is 0 Å². The first kappa shape index (κ1) is 15.4. The van der Waals surface area contributed by atoms with Crippen LogP contribution in [0.4, 0.5) is 5.69 Å². The fraction of sp³-hybridized carbons (Fsp3) is 0.333. The molecule has 0 atom stereocenters. The van der Waals surface area contributed by atoms with Crippen molar-refractivity contribution in [3.05, 3.63) is 36.2 Å². The lowest BCUT2D eigenvalue weighted by molar-refractivity contribution is -0.116. The van der Waals surface area contributed by atoms with E-state index < -0.39 is 0 Å². The number of nitrogens with zero attached hydrogens (tertiary/aromatic N) is 2. The van der Waals surface area contributed by atoms with Gasteiger partial charge in [0.15, 0.2) is 0 Å². The van der Waals surface area contributed by atoms with Gasteiger partial charge in [-0.3, -0.25) is 9.48 Å². The molecule has 112 valence electrons. The van der Waals surface area contributed by atoms with Crippen molar-refractivity contribution in [1.82, 2.24) is 9.78 Å². The zero-order valence-corrected chi connectivity index (χ0v) is 13.2. The molecule has 21 heavy (non-hydrogen) atoms. The molecule has 0 spiro atoms. The fourth-order valence-electron chi connectivity index (χ4n) is 1.97. The molecule has 0 aliphatic rings. The van der Waals surface area contributed by atoms with Crippen molar-refractivity contribution >= 4 is 23.4 Å². The molecule has 0 unspecified atom stereocenters. The number of anilines is 1. The summed E-state index contributed by atoms with van der Waals surface area (Å²) in [7, 11) is 3.46. The van der Waals surface area contributed by atoms with Crippen LogP contribution in [0.25, 0.3) is 0 Å². The third-order valence-corrected chi connectivity index (χ3v) is 3.81. The summed E-state index contributed by atoms with van der Waals surface area (Å²) in [6.07, 6.45) is 6.78. The van der Waals surface area contributed by atoms with Gasteiger partial charge in [-0.2, -0.15) is 5.10 Å². The predicted molar refractivity (Wildman–Crippen MR) is 84.9 cm³/mol. The molecular formula is C15H19N3O2S. The molecule has 1 heterocycles. The van der Waals surface area contributed by atoms with Crippen LogP contribution in [0.15, 0.2) is 35.5 Å². The molecule has 0 aliphatic carbocycles. The summed E-state index contributed by atoms with van der Waals surface area (Å²) in [6, 6.07) is 5.75. The van der Waals surface area contributed by atoms with Gasteiger partial charge in [-0.05, 0) is 36.4 Å². The normalized spacial score (nSPS) is 10.4. The van der Waals surface area contributed by atoms with Crippen molar-refractivity contribution < 1.29 is 9.53 Å². The Morgan fingerprint density at radius 3 is 2.90 bits per heavy atom. The Morgan fingerprint density at radius 2 is 2.29 bits per heavy atom. The second-order valence-electron chi connectivity index (χ2n) is 4.64. The number of amides is 1. The van der Waals surface area contributed by atoms with E-state index in [4.69, 9.17) is 4.74 Å². The summed E-state index contributed by atoms with van der Waals surface area (Å²) in [5.74, 6) is 0.644. The average molecular weight is 305 g/mol. The molecule has 2 rings (SSSR count). The maximum absolute atomic E-state index is 12.0. The van der Waals surface area contributed by atoms with Crippen LogP contribution in [-0.2, 0) is 18.3 Å². The molecule has 0 fully saturated rings. The van der Waals surface area contributed by atoms with E-state index in [0.29, 0.717) is 24.3 Å². The maximum Gasteiger partial charge on any atom is 0.224 e. The largest absolute Gasteiger partial charge is 0.495 e. The second kappa shape index (κ2) is 7.17. The van der Waals surface area contributed by atoms with Crippen molar-refractivity contribution in [3.8, 4) is 5.75 Å². The van der Waals surface area contributed by atoms with E-state index >= 15 is 0 Å². The van der Waals surface area contributed by atoms with E-state index in [9.17, 15) is 4.79 Å². The van der Waals surface area contributed by atoms with Gasteiger partial charge in [0.1, 0.15) is 5.75 Å². The Bertz CT molecular complexity index is 625. The van der Waals surface area contributed by atoms with Crippen LogP contribution >= 0.6 is 11.8 Å². The quantitative estimate of drug-likeness (QED) is 0.834. The van der Waals surface area contributed by atoms with Crippen LogP contribution in [0.1, 0.15) is 12.0 Å². The second-order valence-corrected chi connectivity index (χ2v) is 5.52. The van der Waals surface area contributed by atoms with E-state index in [2.05, 4.69) is 10.4 Å². The standard InChI is InChI=1S/C15H19N3O2S/c1-18-10-11(9-16-18)4-7-15(19)17-13-6-5-12(21-3)8-14(13)20-2/h5-6,8-10H,4,7H2,1-3H3,(H,17,19). The maximum atomic E-state index is 12.0. The minimum Gasteiger partial charge on any atom is -0.495 e.